The zero-order valence-corrected chi connectivity index (χ0v) is 13.4. The monoisotopic (exact) mass is 311 g/mol. The van der Waals surface area contributed by atoms with E-state index in [9.17, 15) is 9.18 Å². The molecule has 120 valence electrons. The fraction of sp³-hybridized carbons (Fsp3) is 0.350. The van der Waals surface area contributed by atoms with Crippen molar-refractivity contribution in [2.24, 2.45) is 5.41 Å². The highest BCUT2D eigenvalue weighted by Gasteiger charge is 2.42. The van der Waals surface area contributed by atoms with Crippen molar-refractivity contribution < 1.29 is 9.18 Å². The van der Waals surface area contributed by atoms with Gasteiger partial charge in [0.2, 0.25) is 5.91 Å². The van der Waals surface area contributed by atoms with Gasteiger partial charge in [-0.3, -0.25) is 4.79 Å². The largest absolute Gasteiger partial charge is 0.355 e. The highest BCUT2D eigenvalue weighted by Crippen LogP contribution is 2.47. The molecule has 0 saturated heterocycles. The van der Waals surface area contributed by atoms with Crippen LogP contribution in [-0.2, 0) is 11.2 Å². The van der Waals surface area contributed by atoms with E-state index in [-0.39, 0.29) is 23.1 Å². The van der Waals surface area contributed by atoms with Gasteiger partial charge in [0.05, 0.1) is 5.92 Å². The molecule has 23 heavy (non-hydrogen) atoms. The predicted molar refractivity (Wildman–Crippen MR) is 89.6 cm³/mol. The Balaban J connectivity index is 1.55. The van der Waals surface area contributed by atoms with Crippen molar-refractivity contribution in [3.05, 3.63) is 71.5 Å². The fourth-order valence-electron chi connectivity index (χ4n) is 2.95. The number of nitrogens with one attached hydrogen (secondary N) is 1. The Morgan fingerprint density at radius 2 is 1.78 bits per heavy atom. The summed E-state index contributed by atoms with van der Waals surface area (Å²) in [6.45, 7) is 2.63. The van der Waals surface area contributed by atoms with Crippen LogP contribution >= 0.6 is 0 Å². The van der Waals surface area contributed by atoms with Crippen molar-refractivity contribution in [2.45, 2.75) is 32.1 Å². The number of benzene rings is 2. The van der Waals surface area contributed by atoms with Crippen LogP contribution in [0.4, 0.5) is 4.39 Å². The third kappa shape index (κ3) is 3.98. The Labute approximate surface area is 136 Å². The zero-order chi connectivity index (χ0) is 16.3. The Bertz CT molecular complexity index is 662. The Kier molecular flexibility index (Phi) is 4.46. The molecule has 1 N–H and O–H groups in total. The van der Waals surface area contributed by atoms with Gasteiger partial charge >= 0.3 is 0 Å². The van der Waals surface area contributed by atoms with Crippen LogP contribution in [0.25, 0.3) is 0 Å². The third-order valence-electron chi connectivity index (χ3n) is 4.78. The molecule has 1 aliphatic rings. The van der Waals surface area contributed by atoms with E-state index in [0.29, 0.717) is 6.54 Å². The Morgan fingerprint density at radius 1 is 1.13 bits per heavy atom. The summed E-state index contributed by atoms with van der Waals surface area (Å²) in [5, 5.41) is 3.10. The van der Waals surface area contributed by atoms with Gasteiger partial charge in [-0.1, -0.05) is 42.5 Å². The van der Waals surface area contributed by atoms with Gasteiger partial charge in [0.15, 0.2) is 0 Å². The molecule has 2 aromatic carbocycles. The van der Waals surface area contributed by atoms with Crippen LogP contribution in [0.2, 0.25) is 0 Å². The molecule has 0 bridgehead atoms. The lowest BCUT2D eigenvalue weighted by molar-refractivity contribution is -0.122. The van der Waals surface area contributed by atoms with Crippen LogP contribution in [0.1, 0.15) is 36.8 Å². The van der Waals surface area contributed by atoms with E-state index in [1.165, 1.54) is 12.1 Å². The van der Waals surface area contributed by atoms with Gasteiger partial charge in [0.1, 0.15) is 5.82 Å². The summed E-state index contributed by atoms with van der Waals surface area (Å²) >= 11 is 0. The van der Waals surface area contributed by atoms with Crippen molar-refractivity contribution >= 4 is 5.91 Å². The number of amides is 1. The number of hydrogen-bond donors (Lipinski definition) is 1. The van der Waals surface area contributed by atoms with Gasteiger partial charge in [-0.25, -0.2) is 4.39 Å². The first-order chi connectivity index (χ1) is 11.1. The van der Waals surface area contributed by atoms with E-state index in [2.05, 4.69) is 5.32 Å². The van der Waals surface area contributed by atoms with Crippen molar-refractivity contribution in [3.63, 3.8) is 0 Å². The molecule has 2 aromatic rings. The summed E-state index contributed by atoms with van der Waals surface area (Å²) in [4.78, 5) is 12.4. The van der Waals surface area contributed by atoms with E-state index in [0.717, 1.165) is 30.4 Å². The first-order valence-electron chi connectivity index (χ1n) is 8.15. The number of carbonyl (C=O) groups excluding carboxylic acids is 1. The minimum Gasteiger partial charge on any atom is -0.355 e. The van der Waals surface area contributed by atoms with Crippen LogP contribution in [0.3, 0.4) is 0 Å². The molecule has 0 heterocycles. The van der Waals surface area contributed by atoms with Gasteiger partial charge in [0, 0.05) is 6.54 Å². The second kappa shape index (κ2) is 6.53. The molecule has 0 radical (unpaired) electrons. The lowest BCUT2D eigenvalue weighted by Gasteiger charge is -2.18. The molecular formula is C20H22FNO. The highest BCUT2D eigenvalue weighted by molar-refractivity contribution is 5.83. The van der Waals surface area contributed by atoms with Crippen LogP contribution in [-0.4, -0.2) is 12.5 Å². The number of carbonyl (C=O) groups is 1. The standard InChI is InChI=1S/C20H22FNO/c1-15(17-5-3-2-4-6-17)19(23)22-14-20(11-12-20)13-16-7-9-18(21)10-8-16/h2-10,15H,11-14H2,1H3,(H,22,23)/t15-/m0/s1. The van der Waals surface area contributed by atoms with Crippen LogP contribution in [0.5, 0.6) is 0 Å². The van der Waals surface area contributed by atoms with Crippen LogP contribution < -0.4 is 5.32 Å². The summed E-state index contributed by atoms with van der Waals surface area (Å²) in [5.74, 6) is -0.275. The second-order valence-corrected chi connectivity index (χ2v) is 6.65. The van der Waals surface area contributed by atoms with E-state index in [1.807, 2.05) is 49.4 Å². The second-order valence-electron chi connectivity index (χ2n) is 6.65. The molecule has 3 rings (SSSR count). The summed E-state index contributed by atoms with van der Waals surface area (Å²) < 4.78 is 13.0. The quantitative estimate of drug-likeness (QED) is 0.856. The third-order valence-corrected chi connectivity index (χ3v) is 4.78. The van der Waals surface area contributed by atoms with Gasteiger partial charge in [-0.15, -0.1) is 0 Å². The summed E-state index contributed by atoms with van der Waals surface area (Å²) in [6, 6.07) is 16.5. The first kappa shape index (κ1) is 15.7. The zero-order valence-electron chi connectivity index (χ0n) is 13.4. The van der Waals surface area contributed by atoms with Crippen molar-refractivity contribution in [3.8, 4) is 0 Å². The predicted octanol–water partition coefficient (Wildman–Crippen LogP) is 4.07. The molecule has 1 saturated carbocycles. The van der Waals surface area contributed by atoms with Crippen molar-refractivity contribution in [1.82, 2.24) is 5.32 Å². The molecule has 1 atom stereocenters. The van der Waals surface area contributed by atoms with Crippen molar-refractivity contribution in [2.75, 3.05) is 6.54 Å². The van der Waals surface area contributed by atoms with E-state index in [4.69, 9.17) is 0 Å². The SMILES string of the molecule is C[C@H](C(=O)NCC1(Cc2ccc(F)cc2)CC1)c1ccccc1. The minimum atomic E-state index is -0.205. The normalized spacial score (nSPS) is 16.6. The van der Waals surface area contributed by atoms with Crippen molar-refractivity contribution in [1.29, 1.82) is 0 Å². The number of rotatable bonds is 6. The lowest BCUT2D eigenvalue weighted by atomic mass is 9.95. The average Bonchev–Trinajstić information content (AvgIpc) is 3.35. The molecule has 2 nitrogen and oxygen atoms in total. The maximum absolute atomic E-state index is 13.0. The van der Waals surface area contributed by atoms with E-state index < -0.39 is 0 Å². The Morgan fingerprint density at radius 3 is 2.39 bits per heavy atom. The molecule has 1 fully saturated rings. The molecule has 0 unspecified atom stereocenters. The van der Waals surface area contributed by atoms with Crippen LogP contribution in [0.15, 0.2) is 54.6 Å². The average molecular weight is 311 g/mol. The molecule has 0 aliphatic heterocycles. The van der Waals surface area contributed by atoms with Gasteiger partial charge in [0.25, 0.3) is 0 Å². The molecule has 0 spiro atoms. The maximum Gasteiger partial charge on any atom is 0.227 e. The number of hydrogen-bond acceptors (Lipinski definition) is 1. The minimum absolute atomic E-state index is 0.0709. The smallest absolute Gasteiger partial charge is 0.227 e. The van der Waals surface area contributed by atoms with E-state index in [1.54, 1.807) is 0 Å². The van der Waals surface area contributed by atoms with Gasteiger partial charge in [-0.05, 0) is 54.9 Å². The number of halogens is 1. The van der Waals surface area contributed by atoms with Gasteiger partial charge < -0.3 is 5.32 Å². The lowest BCUT2D eigenvalue weighted by Crippen LogP contribution is -2.34. The summed E-state index contributed by atoms with van der Waals surface area (Å²) in [6.07, 6.45) is 3.13. The molecule has 3 heteroatoms. The van der Waals surface area contributed by atoms with E-state index >= 15 is 0 Å². The molecule has 0 aromatic heterocycles. The van der Waals surface area contributed by atoms with Crippen LogP contribution in [0, 0.1) is 11.2 Å². The summed E-state index contributed by atoms with van der Waals surface area (Å²) in [7, 11) is 0. The Hall–Kier alpha value is -2.16. The molecule has 1 amide bonds. The highest BCUT2D eigenvalue weighted by atomic mass is 19.1. The maximum atomic E-state index is 13.0. The van der Waals surface area contributed by atoms with Gasteiger partial charge in [-0.2, -0.15) is 0 Å². The first-order valence-corrected chi connectivity index (χ1v) is 8.15. The fourth-order valence-corrected chi connectivity index (χ4v) is 2.95. The topological polar surface area (TPSA) is 29.1 Å². The molecule has 1 aliphatic carbocycles. The molecular weight excluding hydrogens is 289 g/mol. The summed E-state index contributed by atoms with van der Waals surface area (Å²) in [5.41, 5.74) is 2.33.